The van der Waals surface area contributed by atoms with Gasteiger partial charge in [0.15, 0.2) is 0 Å². The molecule has 0 unspecified atom stereocenters. The molecule has 2 nitrogen and oxygen atoms in total. The highest BCUT2D eigenvalue weighted by molar-refractivity contribution is 5.59. The van der Waals surface area contributed by atoms with Crippen molar-refractivity contribution in [1.29, 1.82) is 0 Å². The molecule has 15 heavy (non-hydrogen) atoms. The van der Waals surface area contributed by atoms with Crippen LogP contribution in [0.4, 0.5) is 4.39 Å². The number of hydrogen-bond donors (Lipinski definition) is 0. The van der Waals surface area contributed by atoms with E-state index in [-0.39, 0.29) is 5.82 Å². The standard InChI is InChI=1S/C12H11FN2/c1-2-9-4-3-5-10(12(9)13)11-8-14-6-7-15-11/h3-8H,2H2,1H3. The van der Waals surface area contributed by atoms with Crippen LogP contribution in [0, 0.1) is 5.82 Å². The molecule has 0 aliphatic heterocycles. The number of aryl methyl sites for hydroxylation is 1. The SMILES string of the molecule is CCc1cccc(-c2cnccn2)c1F. The first-order valence-corrected chi connectivity index (χ1v) is 4.86. The van der Waals surface area contributed by atoms with Crippen molar-refractivity contribution in [2.45, 2.75) is 13.3 Å². The van der Waals surface area contributed by atoms with E-state index in [1.807, 2.05) is 13.0 Å². The second kappa shape index (κ2) is 4.17. The van der Waals surface area contributed by atoms with Gasteiger partial charge in [-0.05, 0) is 18.1 Å². The molecule has 0 N–H and O–H groups in total. The van der Waals surface area contributed by atoms with Crippen LogP contribution in [0.5, 0.6) is 0 Å². The van der Waals surface area contributed by atoms with Crippen molar-refractivity contribution >= 4 is 0 Å². The molecule has 3 heteroatoms. The van der Waals surface area contributed by atoms with E-state index < -0.39 is 0 Å². The van der Waals surface area contributed by atoms with E-state index in [0.29, 0.717) is 23.2 Å². The van der Waals surface area contributed by atoms with Gasteiger partial charge in [0.05, 0.1) is 11.9 Å². The summed E-state index contributed by atoms with van der Waals surface area (Å²) in [5.74, 6) is -0.194. The summed E-state index contributed by atoms with van der Waals surface area (Å²) in [4.78, 5) is 8.01. The molecule has 0 fully saturated rings. The Morgan fingerprint density at radius 1 is 1.27 bits per heavy atom. The number of benzene rings is 1. The monoisotopic (exact) mass is 202 g/mol. The normalized spacial score (nSPS) is 10.3. The molecule has 0 aliphatic rings. The molecule has 0 spiro atoms. The van der Waals surface area contributed by atoms with Crippen molar-refractivity contribution < 1.29 is 4.39 Å². The molecule has 0 saturated heterocycles. The lowest BCUT2D eigenvalue weighted by Crippen LogP contribution is -1.93. The summed E-state index contributed by atoms with van der Waals surface area (Å²) in [6.45, 7) is 1.93. The first-order chi connectivity index (χ1) is 7.33. The van der Waals surface area contributed by atoms with Gasteiger partial charge < -0.3 is 0 Å². The van der Waals surface area contributed by atoms with Crippen LogP contribution in [0.25, 0.3) is 11.3 Å². The van der Waals surface area contributed by atoms with Crippen LogP contribution in [-0.4, -0.2) is 9.97 Å². The van der Waals surface area contributed by atoms with Crippen LogP contribution in [0.15, 0.2) is 36.8 Å². The highest BCUT2D eigenvalue weighted by atomic mass is 19.1. The summed E-state index contributed by atoms with van der Waals surface area (Å²) < 4.78 is 13.9. The number of hydrogen-bond acceptors (Lipinski definition) is 2. The fourth-order valence-corrected chi connectivity index (χ4v) is 1.49. The Morgan fingerprint density at radius 2 is 2.13 bits per heavy atom. The first-order valence-electron chi connectivity index (χ1n) is 4.86. The highest BCUT2D eigenvalue weighted by Crippen LogP contribution is 2.22. The van der Waals surface area contributed by atoms with Crippen molar-refractivity contribution in [2.75, 3.05) is 0 Å². The lowest BCUT2D eigenvalue weighted by molar-refractivity contribution is 0.615. The molecule has 1 aromatic carbocycles. The number of aromatic nitrogens is 2. The molecule has 0 radical (unpaired) electrons. The van der Waals surface area contributed by atoms with Crippen LogP contribution in [0.2, 0.25) is 0 Å². The van der Waals surface area contributed by atoms with Crippen LogP contribution in [0.1, 0.15) is 12.5 Å². The average molecular weight is 202 g/mol. The molecule has 76 valence electrons. The Balaban J connectivity index is 2.54. The van der Waals surface area contributed by atoms with Gasteiger partial charge in [0.25, 0.3) is 0 Å². The second-order valence-electron chi connectivity index (χ2n) is 3.22. The van der Waals surface area contributed by atoms with Crippen LogP contribution < -0.4 is 0 Å². The zero-order valence-electron chi connectivity index (χ0n) is 8.44. The fraction of sp³-hybridized carbons (Fsp3) is 0.167. The third-order valence-corrected chi connectivity index (χ3v) is 2.30. The lowest BCUT2D eigenvalue weighted by Gasteiger charge is -2.05. The minimum absolute atomic E-state index is 0.194. The molecule has 0 bridgehead atoms. The summed E-state index contributed by atoms with van der Waals surface area (Å²) in [6, 6.07) is 5.35. The van der Waals surface area contributed by atoms with E-state index in [0.717, 1.165) is 0 Å². The van der Waals surface area contributed by atoms with Crippen molar-refractivity contribution in [3.8, 4) is 11.3 Å². The zero-order chi connectivity index (χ0) is 10.7. The van der Waals surface area contributed by atoms with E-state index in [2.05, 4.69) is 9.97 Å². The summed E-state index contributed by atoms with van der Waals surface area (Å²) in [5.41, 5.74) is 1.80. The van der Waals surface area contributed by atoms with Gasteiger partial charge in [-0.2, -0.15) is 0 Å². The van der Waals surface area contributed by atoms with E-state index >= 15 is 0 Å². The van der Waals surface area contributed by atoms with Gasteiger partial charge in [0.1, 0.15) is 5.82 Å². The van der Waals surface area contributed by atoms with Crippen molar-refractivity contribution in [3.05, 3.63) is 48.2 Å². The molecule has 2 rings (SSSR count). The minimum atomic E-state index is -0.194. The van der Waals surface area contributed by atoms with Gasteiger partial charge in [0.2, 0.25) is 0 Å². The van der Waals surface area contributed by atoms with E-state index in [9.17, 15) is 4.39 Å². The lowest BCUT2D eigenvalue weighted by atomic mass is 10.1. The quantitative estimate of drug-likeness (QED) is 0.748. The Kier molecular flexibility index (Phi) is 2.72. The maximum Gasteiger partial charge on any atom is 0.135 e. The highest BCUT2D eigenvalue weighted by Gasteiger charge is 2.09. The zero-order valence-corrected chi connectivity index (χ0v) is 8.44. The summed E-state index contributed by atoms with van der Waals surface area (Å²) >= 11 is 0. The minimum Gasteiger partial charge on any atom is -0.261 e. The average Bonchev–Trinajstić information content (AvgIpc) is 2.30. The Hall–Kier alpha value is -1.77. The summed E-state index contributed by atoms with van der Waals surface area (Å²) in [5, 5.41) is 0. The van der Waals surface area contributed by atoms with Gasteiger partial charge >= 0.3 is 0 Å². The molecular formula is C12H11FN2. The molecule has 0 aliphatic carbocycles. The Bertz CT molecular complexity index is 454. The van der Waals surface area contributed by atoms with Crippen LogP contribution >= 0.6 is 0 Å². The van der Waals surface area contributed by atoms with E-state index in [1.54, 1.807) is 30.7 Å². The van der Waals surface area contributed by atoms with Crippen molar-refractivity contribution in [2.24, 2.45) is 0 Å². The number of nitrogens with zero attached hydrogens (tertiary/aromatic N) is 2. The van der Waals surface area contributed by atoms with Gasteiger partial charge in [-0.3, -0.25) is 9.97 Å². The predicted octanol–water partition coefficient (Wildman–Crippen LogP) is 2.85. The smallest absolute Gasteiger partial charge is 0.135 e. The molecule has 0 saturated carbocycles. The molecule has 0 amide bonds. The Labute approximate surface area is 87.8 Å². The topological polar surface area (TPSA) is 25.8 Å². The van der Waals surface area contributed by atoms with Gasteiger partial charge in [-0.15, -0.1) is 0 Å². The second-order valence-corrected chi connectivity index (χ2v) is 3.22. The maximum absolute atomic E-state index is 13.9. The van der Waals surface area contributed by atoms with Crippen LogP contribution in [0.3, 0.4) is 0 Å². The third-order valence-electron chi connectivity index (χ3n) is 2.30. The molecule has 0 atom stereocenters. The number of halogens is 1. The molecule has 2 aromatic rings. The van der Waals surface area contributed by atoms with Gasteiger partial charge in [-0.1, -0.05) is 19.1 Å². The largest absolute Gasteiger partial charge is 0.261 e. The fourth-order valence-electron chi connectivity index (χ4n) is 1.49. The van der Waals surface area contributed by atoms with E-state index in [1.165, 1.54) is 0 Å². The van der Waals surface area contributed by atoms with Gasteiger partial charge in [-0.25, -0.2) is 4.39 Å². The summed E-state index contributed by atoms with van der Waals surface area (Å²) in [6.07, 6.45) is 5.39. The Morgan fingerprint density at radius 3 is 2.80 bits per heavy atom. The molecular weight excluding hydrogens is 191 g/mol. The van der Waals surface area contributed by atoms with E-state index in [4.69, 9.17) is 0 Å². The molecule has 1 heterocycles. The van der Waals surface area contributed by atoms with Crippen molar-refractivity contribution in [3.63, 3.8) is 0 Å². The predicted molar refractivity (Wildman–Crippen MR) is 56.8 cm³/mol. The third kappa shape index (κ3) is 1.86. The maximum atomic E-state index is 13.9. The number of rotatable bonds is 2. The van der Waals surface area contributed by atoms with Crippen molar-refractivity contribution in [1.82, 2.24) is 9.97 Å². The first kappa shape index (κ1) is 9.77. The van der Waals surface area contributed by atoms with Gasteiger partial charge in [0, 0.05) is 18.0 Å². The van der Waals surface area contributed by atoms with Crippen LogP contribution in [-0.2, 0) is 6.42 Å². The molecule has 1 aromatic heterocycles. The summed E-state index contributed by atoms with van der Waals surface area (Å²) in [7, 11) is 0.